The Morgan fingerprint density at radius 1 is 1.15 bits per heavy atom. The lowest BCUT2D eigenvalue weighted by molar-refractivity contribution is 0.0611. The number of rotatable bonds is 8. The molecule has 0 amide bonds. The van der Waals surface area contributed by atoms with Crippen LogP contribution in [0.2, 0.25) is 0 Å². The van der Waals surface area contributed by atoms with E-state index in [-0.39, 0.29) is 21.1 Å². The topological polar surface area (TPSA) is 109 Å². The standard InChI is InChI=1S/C25H34N4O4S/c1-25(2,3)24-28-21-15-19(5-6-22(21)29(24)17-18-8-13-32-14-9-18)34(30,31)20-7-11-27-23(16-20)33-12-4-10-26/h5-7,11,15-16,18H,4,8-10,12-14,17,26H2,1-3H3. The summed E-state index contributed by atoms with van der Waals surface area (Å²) in [6, 6.07) is 8.17. The molecule has 0 saturated carbocycles. The zero-order valence-corrected chi connectivity index (χ0v) is 21.0. The van der Waals surface area contributed by atoms with Crippen molar-refractivity contribution in [1.29, 1.82) is 0 Å². The minimum absolute atomic E-state index is 0.141. The fourth-order valence-corrected chi connectivity index (χ4v) is 5.54. The first kappa shape index (κ1) is 24.6. The number of hydrogen-bond donors (Lipinski definition) is 1. The van der Waals surface area contributed by atoms with E-state index in [1.54, 1.807) is 12.1 Å². The molecule has 0 bridgehead atoms. The molecule has 1 saturated heterocycles. The molecule has 3 aromatic rings. The van der Waals surface area contributed by atoms with Gasteiger partial charge in [-0.05, 0) is 56.0 Å². The largest absolute Gasteiger partial charge is 0.478 e. The van der Waals surface area contributed by atoms with Gasteiger partial charge in [0.05, 0.1) is 27.4 Å². The lowest BCUT2D eigenvalue weighted by Gasteiger charge is -2.26. The summed E-state index contributed by atoms with van der Waals surface area (Å²) in [5.74, 6) is 1.75. The van der Waals surface area contributed by atoms with Gasteiger partial charge in [0.15, 0.2) is 0 Å². The number of imidazole rings is 1. The maximum atomic E-state index is 13.4. The molecule has 4 rings (SSSR count). The molecular weight excluding hydrogens is 452 g/mol. The summed E-state index contributed by atoms with van der Waals surface area (Å²) in [4.78, 5) is 9.36. The van der Waals surface area contributed by atoms with Crippen molar-refractivity contribution in [3.8, 4) is 5.88 Å². The molecule has 0 radical (unpaired) electrons. The van der Waals surface area contributed by atoms with Crippen molar-refractivity contribution in [3.05, 3.63) is 42.4 Å². The molecular formula is C25H34N4O4S. The SMILES string of the molecule is CC(C)(C)c1nc2cc(S(=O)(=O)c3ccnc(OCCCN)c3)ccc2n1CC1CCOCC1. The predicted octanol–water partition coefficient (Wildman–Crippen LogP) is 3.72. The fraction of sp³-hybridized carbons (Fsp3) is 0.520. The first-order chi connectivity index (χ1) is 16.2. The normalized spacial score (nSPS) is 15.6. The van der Waals surface area contributed by atoms with Gasteiger partial charge in [-0.25, -0.2) is 18.4 Å². The number of benzene rings is 1. The number of nitrogens with two attached hydrogens (primary N) is 1. The van der Waals surface area contributed by atoms with E-state index in [2.05, 4.69) is 30.3 Å². The molecule has 9 heteroatoms. The van der Waals surface area contributed by atoms with Gasteiger partial charge in [-0.15, -0.1) is 0 Å². The van der Waals surface area contributed by atoms with Crippen LogP contribution in [0.4, 0.5) is 0 Å². The molecule has 1 aliphatic rings. The Kier molecular flexibility index (Phi) is 7.25. The van der Waals surface area contributed by atoms with Crippen molar-refractivity contribution in [1.82, 2.24) is 14.5 Å². The summed E-state index contributed by atoms with van der Waals surface area (Å²) in [6.45, 7) is 9.71. The van der Waals surface area contributed by atoms with Gasteiger partial charge in [-0.2, -0.15) is 0 Å². The Labute approximate surface area is 201 Å². The van der Waals surface area contributed by atoms with Crippen LogP contribution in [0, 0.1) is 5.92 Å². The van der Waals surface area contributed by atoms with Crippen molar-refractivity contribution in [2.45, 2.75) is 61.8 Å². The molecule has 1 aliphatic heterocycles. The van der Waals surface area contributed by atoms with Gasteiger partial charge in [0, 0.05) is 37.4 Å². The van der Waals surface area contributed by atoms with E-state index in [4.69, 9.17) is 20.2 Å². The van der Waals surface area contributed by atoms with Gasteiger partial charge in [0.1, 0.15) is 5.82 Å². The zero-order chi connectivity index (χ0) is 24.3. The number of nitrogens with zero attached hydrogens (tertiary/aromatic N) is 3. The smallest absolute Gasteiger partial charge is 0.214 e. The minimum atomic E-state index is -3.76. The van der Waals surface area contributed by atoms with Gasteiger partial charge in [0.25, 0.3) is 0 Å². The van der Waals surface area contributed by atoms with E-state index in [0.717, 1.165) is 43.9 Å². The Balaban J connectivity index is 1.70. The van der Waals surface area contributed by atoms with Gasteiger partial charge in [-0.3, -0.25) is 0 Å². The van der Waals surface area contributed by atoms with Crippen LogP contribution in [-0.4, -0.2) is 49.3 Å². The van der Waals surface area contributed by atoms with E-state index in [0.29, 0.717) is 31.0 Å². The molecule has 1 fully saturated rings. The number of fused-ring (bicyclic) bond motifs is 1. The third-order valence-electron chi connectivity index (χ3n) is 6.10. The number of ether oxygens (including phenoxy) is 2. The van der Waals surface area contributed by atoms with Crippen LogP contribution in [0.25, 0.3) is 11.0 Å². The van der Waals surface area contributed by atoms with Crippen molar-refractivity contribution in [2.75, 3.05) is 26.4 Å². The summed E-state index contributed by atoms with van der Waals surface area (Å²) in [7, 11) is -3.76. The average molecular weight is 487 g/mol. The predicted molar refractivity (Wildman–Crippen MR) is 131 cm³/mol. The quantitative estimate of drug-likeness (QED) is 0.483. The lowest BCUT2D eigenvalue weighted by atomic mass is 9.94. The highest BCUT2D eigenvalue weighted by Crippen LogP contribution is 2.32. The van der Waals surface area contributed by atoms with Crippen molar-refractivity contribution in [3.63, 3.8) is 0 Å². The van der Waals surface area contributed by atoms with Gasteiger partial charge >= 0.3 is 0 Å². The van der Waals surface area contributed by atoms with E-state index in [9.17, 15) is 8.42 Å². The van der Waals surface area contributed by atoms with E-state index >= 15 is 0 Å². The lowest BCUT2D eigenvalue weighted by Crippen LogP contribution is -2.25. The van der Waals surface area contributed by atoms with Gasteiger partial charge in [-0.1, -0.05) is 20.8 Å². The average Bonchev–Trinajstić information content (AvgIpc) is 3.18. The third kappa shape index (κ3) is 5.26. The molecule has 34 heavy (non-hydrogen) atoms. The highest BCUT2D eigenvalue weighted by molar-refractivity contribution is 7.91. The van der Waals surface area contributed by atoms with Crippen LogP contribution in [0.3, 0.4) is 0 Å². The monoisotopic (exact) mass is 486 g/mol. The summed E-state index contributed by atoms with van der Waals surface area (Å²) < 4.78 is 40.1. The molecule has 0 aliphatic carbocycles. The van der Waals surface area contributed by atoms with Gasteiger partial charge < -0.3 is 19.8 Å². The molecule has 2 N–H and O–H groups in total. The third-order valence-corrected chi connectivity index (χ3v) is 7.85. The van der Waals surface area contributed by atoms with Crippen molar-refractivity contribution < 1.29 is 17.9 Å². The first-order valence-corrected chi connectivity index (χ1v) is 13.3. The molecule has 0 unspecified atom stereocenters. The molecule has 2 aromatic heterocycles. The van der Waals surface area contributed by atoms with Crippen LogP contribution in [-0.2, 0) is 26.5 Å². The molecule has 3 heterocycles. The van der Waals surface area contributed by atoms with Crippen molar-refractivity contribution in [2.24, 2.45) is 11.7 Å². The Morgan fingerprint density at radius 2 is 1.88 bits per heavy atom. The summed E-state index contributed by atoms with van der Waals surface area (Å²) in [5.41, 5.74) is 6.96. The molecule has 0 spiro atoms. The number of pyridine rings is 1. The number of sulfone groups is 1. The first-order valence-electron chi connectivity index (χ1n) is 11.8. The molecule has 1 aromatic carbocycles. The number of hydrogen-bond acceptors (Lipinski definition) is 7. The van der Waals surface area contributed by atoms with E-state index in [1.807, 2.05) is 6.07 Å². The fourth-order valence-electron chi connectivity index (χ4n) is 4.25. The Hall–Kier alpha value is -2.49. The summed E-state index contributed by atoms with van der Waals surface area (Å²) >= 11 is 0. The maximum absolute atomic E-state index is 13.4. The van der Waals surface area contributed by atoms with Crippen LogP contribution in [0.1, 0.15) is 45.9 Å². The van der Waals surface area contributed by atoms with Crippen LogP contribution >= 0.6 is 0 Å². The van der Waals surface area contributed by atoms with Crippen LogP contribution in [0.5, 0.6) is 5.88 Å². The maximum Gasteiger partial charge on any atom is 0.214 e. The zero-order valence-electron chi connectivity index (χ0n) is 20.2. The highest BCUT2D eigenvalue weighted by atomic mass is 32.2. The van der Waals surface area contributed by atoms with Gasteiger partial charge in [0.2, 0.25) is 15.7 Å². The van der Waals surface area contributed by atoms with Crippen LogP contribution in [0.15, 0.2) is 46.3 Å². The second kappa shape index (κ2) is 10.0. The Bertz CT molecular complexity index is 1240. The van der Waals surface area contributed by atoms with E-state index in [1.165, 1.54) is 18.3 Å². The number of aromatic nitrogens is 3. The molecule has 8 nitrogen and oxygen atoms in total. The van der Waals surface area contributed by atoms with E-state index < -0.39 is 9.84 Å². The molecule has 184 valence electrons. The highest BCUT2D eigenvalue weighted by Gasteiger charge is 2.27. The Morgan fingerprint density at radius 3 is 2.59 bits per heavy atom. The summed E-state index contributed by atoms with van der Waals surface area (Å²) in [5, 5.41) is 0. The second-order valence-corrected chi connectivity index (χ2v) is 11.8. The van der Waals surface area contributed by atoms with Crippen molar-refractivity contribution >= 4 is 20.9 Å². The molecule has 0 atom stereocenters. The van der Waals surface area contributed by atoms with Crippen LogP contribution < -0.4 is 10.5 Å². The minimum Gasteiger partial charge on any atom is -0.478 e. The second-order valence-electron chi connectivity index (χ2n) is 9.83. The summed E-state index contributed by atoms with van der Waals surface area (Å²) in [6.07, 6.45) is 4.16.